The van der Waals surface area contributed by atoms with Gasteiger partial charge in [-0.2, -0.15) is 13.2 Å². The lowest BCUT2D eigenvalue weighted by molar-refractivity contribution is -0.187. The normalized spacial score (nSPS) is 35.1. The van der Waals surface area contributed by atoms with Gasteiger partial charge in [-0.1, -0.05) is 18.0 Å². The molecule has 1 saturated heterocycles. The van der Waals surface area contributed by atoms with Gasteiger partial charge < -0.3 is 14.0 Å². The summed E-state index contributed by atoms with van der Waals surface area (Å²) >= 11 is 0. The van der Waals surface area contributed by atoms with E-state index in [0.717, 1.165) is 62.7 Å². The number of alkyl halides is 3. The Morgan fingerprint density at radius 3 is 2.50 bits per heavy atom. The predicted octanol–water partition coefficient (Wildman–Crippen LogP) is 7.47. The van der Waals surface area contributed by atoms with Crippen LogP contribution in [0.2, 0.25) is 0 Å². The largest absolute Gasteiger partial charge is 0.444 e. The zero-order chi connectivity index (χ0) is 26.9. The molecular weight excluding hydrogens is 497 g/mol. The van der Waals surface area contributed by atoms with Gasteiger partial charge in [0, 0.05) is 24.0 Å². The summed E-state index contributed by atoms with van der Waals surface area (Å²) in [6.07, 6.45) is 4.74. The second kappa shape index (κ2) is 9.41. The SMILES string of the molecule is CC(C)(C)OC(=O)N1C2CCC(COCc3c(C4CCCCC4C(F)(F)F)noc3C3CC3)CC3CCC321. The minimum Gasteiger partial charge on any atom is -0.444 e. The van der Waals surface area contributed by atoms with E-state index in [1.807, 2.05) is 25.7 Å². The van der Waals surface area contributed by atoms with Crippen LogP contribution in [-0.2, 0) is 16.1 Å². The number of carbonyl (C=O) groups is 1. The molecule has 6 nitrogen and oxygen atoms in total. The molecule has 1 aromatic heterocycles. The molecular formula is C29H41F3N2O4. The Bertz CT molecular complexity index is 1050. The highest BCUT2D eigenvalue weighted by Gasteiger charge is 2.73. The minimum absolute atomic E-state index is 0.0224. The maximum Gasteiger partial charge on any atom is 0.411 e. The number of ether oxygens (including phenoxy) is 2. The van der Waals surface area contributed by atoms with Crippen molar-refractivity contribution in [1.29, 1.82) is 0 Å². The molecule has 212 valence electrons. The van der Waals surface area contributed by atoms with Crippen molar-refractivity contribution in [2.75, 3.05) is 6.61 Å². The summed E-state index contributed by atoms with van der Waals surface area (Å²) in [5, 5.41) is 4.24. The summed E-state index contributed by atoms with van der Waals surface area (Å²) in [6.45, 7) is 6.56. The van der Waals surface area contributed by atoms with Crippen molar-refractivity contribution in [1.82, 2.24) is 10.1 Å². The molecule has 1 aromatic rings. The standard InChI is InChI=1S/C29H41F3N2O4/c1-27(2,3)37-26(35)34-23-11-8-17(14-19-12-13-28(19,23)34)15-36-16-21-24(33-38-25(21)18-9-10-18)20-6-4-5-7-22(20)29(30,31)32/h17-20,22-23H,4-16H2,1-3H3. The first-order chi connectivity index (χ1) is 18.0. The van der Waals surface area contributed by atoms with Gasteiger partial charge in [-0.3, -0.25) is 4.90 Å². The Morgan fingerprint density at radius 1 is 1.08 bits per heavy atom. The topological polar surface area (TPSA) is 64.6 Å². The number of likely N-dealkylation sites (tertiary alicyclic amines) is 1. The highest BCUT2D eigenvalue weighted by atomic mass is 19.4. The average Bonchev–Trinajstić information content (AvgIpc) is 3.74. The lowest BCUT2D eigenvalue weighted by atomic mass is 9.68. The van der Waals surface area contributed by atoms with Crippen molar-refractivity contribution in [3.05, 3.63) is 17.0 Å². The van der Waals surface area contributed by atoms with Gasteiger partial charge in [-0.25, -0.2) is 4.79 Å². The zero-order valence-electron chi connectivity index (χ0n) is 22.8. The van der Waals surface area contributed by atoms with Crippen molar-refractivity contribution in [2.24, 2.45) is 17.8 Å². The molecule has 0 radical (unpaired) electrons. The summed E-state index contributed by atoms with van der Waals surface area (Å²) in [6, 6.07) is 0.262. The van der Waals surface area contributed by atoms with Gasteiger partial charge in [0.25, 0.3) is 0 Å². The molecule has 9 heteroatoms. The average molecular weight is 539 g/mol. The highest BCUT2D eigenvalue weighted by molar-refractivity contribution is 5.75. The number of nitrogens with zero attached hydrogens (tertiary/aromatic N) is 2. The summed E-state index contributed by atoms with van der Waals surface area (Å²) in [4.78, 5) is 14.8. The van der Waals surface area contributed by atoms with Crippen molar-refractivity contribution in [2.45, 2.75) is 133 Å². The van der Waals surface area contributed by atoms with E-state index in [2.05, 4.69) is 5.16 Å². The van der Waals surface area contributed by atoms with Crippen LogP contribution < -0.4 is 0 Å². The monoisotopic (exact) mass is 538 g/mol. The molecule has 6 unspecified atom stereocenters. The van der Waals surface area contributed by atoms with Crippen LogP contribution >= 0.6 is 0 Å². The Labute approximate surface area is 223 Å². The number of rotatable bonds is 6. The number of hydrogen-bond donors (Lipinski definition) is 0. The quantitative estimate of drug-likeness (QED) is 0.352. The van der Waals surface area contributed by atoms with Crippen molar-refractivity contribution >= 4 is 6.09 Å². The molecule has 5 fully saturated rings. The first kappa shape index (κ1) is 26.5. The minimum atomic E-state index is -4.23. The Kier molecular flexibility index (Phi) is 6.55. The molecule has 4 saturated carbocycles. The molecule has 5 aliphatic rings. The van der Waals surface area contributed by atoms with Crippen molar-refractivity contribution < 1.29 is 32.0 Å². The number of amides is 1. The summed E-state index contributed by atoms with van der Waals surface area (Å²) in [5.74, 6) is -0.128. The van der Waals surface area contributed by atoms with E-state index in [4.69, 9.17) is 14.0 Å². The third-order valence-corrected chi connectivity index (χ3v) is 9.86. The third kappa shape index (κ3) is 4.75. The van der Waals surface area contributed by atoms with E-state index in [-0.39, 0.29) is 36.6 Å². The second-order valence-corrected chi connectivity index (χ2v) is 13.5. The van der Waals surface area contributed by atoms with Crippen LogP contribution in [0, 0.1) is 17.8 Å². The van der Waals surface area contributed by atoms with Crippen LogP contribution in [0.1, 0.15) is 120 Å². The molecule has 0 N–H and O–H groups in total. The maximum absolute atomic E-state index is 13.9. The first-order valence-corrected chi connectivity index (χ1v) is 14.6. The van der Waals surface area contributed by atoms with Gasteiger partial charge in [0.2, 0.25) is 0 Å². The van der Waals surface area contributed by atoms with Gasteiger partial charge >= 0.3 is 12.3 Å². The molecule has 1 aliphatic heterocycles. The highest BCUT2D eigenvalue weighted by Crippen LogP contribution is 2.64. The fourth-order valence-electron chi connectivity index (χ4n) is 7.80. The third-order valence-electron chi connectivity index (χ3n) is 9.86. The molecule has 38 heavy (non-hydrogen) atoms. The first-order valence-electron chi connectivity index (χ1n) is 14.6. The lowest BCUT2D eigenvalue weighted by Crippen LogP contribution is -2.43. The van der Waals surface area contributed by atoms with Gasteiger partial charge in [0.05, 0.1) is 29.8 Å². The van der Waals surface area contributed by atoms with E-state index < -0.39 is 23.6 Å². The summed E-state index contributed by atoms with van der Waals surface area (Å²) in [7, 11) is 0. The van der Waals surface area contributed by atoms with E-state index >= 15 is 0 Å². The number of halogens is 3. The molecule has 1 amide bonds. The van der Waals surface area contributed by atoms with E-state index in [0.29, 0.717) is 37.0 Å². The van der Waals surface area contributed by atoms with Gasteiger partial charge in [-0.05, 0) is 90.4 Å². The Morgan fingerprint density at radius 2 is 1.84 bits per heavy atom. The second-order valence-electron chi connectivity index (χ2n) is 13.5. The van der Waals surface area contributed by atoms with Crippen molar-refractivity contribution in [3.8, 4) is 0 Å². The molecule has 6 atom stereocenters. The maximum atomic E-state index is 13.9. The van der Waals surface area contributed by atoms with Crippen LogP contribution in [0.3, 0.4) is 0 Å². The van der Waals surface area contributed by atoms with Crippen LogP contribution in [0.15, 0.2) is 4.52 Å². The summed E-state index contributed by atoms with van der Waals surface area (Å²) < 4.78 is 59.2. The van der Waals surface area contributed by atoms with Crippen LogP contribution in [0.25, 0.3) is 0 Å². The molecule has 4 aliphatic carbocycles. The number of carbonyl (C=O) groups excluding carboxylic acids is 1. The van der Waals surface area contributed by atoms with Crippen LogP contribution in [0.5, 0.6) is 0 Å². The number of aromatic nitrogens is 1. The molecule has 0 bridgehead atoms. The zero-order valence-corrected chi connectivity index (χ0v) is 22.8. The smallest absolute Gasteiger partial charge is 0.411 e. The molecule has 2 heterocycles. The fraction of sp³-hybridized carbons (Fsp3) is 0.862. The Hall–Kier alpha value is -1.77. The van der Waals surface area contributed by atoms with Crippen molar-refractivity contribution in [3.63, 3.8) is 0 Å². The molecule has 6 rings (SSSR count). The van der Waals surface area contributed by atoms with Crippen LogP contribution in [0.4, 0.5) is 18.0 Å². The predicted molar refractivity (Wildman–Crippen MR) is 134 cm³/mol. The van der Waals surface area contributed by atoms with Gasteiger partial charge in [0.1, 0.15) is 11.4 Å². The van der Waals surface area contributed by atoms with Gasteiger partial charge in [-0.15, -0.1) is 0 Å². The van der Waals surface area contributed by atoms with E-state index in [1.54, 1.807) is 0 Å². The lowest BCUT2D eigenvalue weighted by Gasteiger charge is -2.39. The fourth-order valence-corrected chi connectivity index (χ4v) is 7.80. The van der Waals surface area contributed by atoms with E-state index in [1.165, 1.54) is 0 Å². The van der Waals surface area contributed by atoms with Gasteiger partial charge in [0.15, 0.2) is 0 Å². The Balaban J connectivity index is 1.09. The molecule has 0 aromatic carbocycles. The van der Waals surface area contributed by atoms with Crippen LogP contribution in [-0.4, -0.2) is 46.1 Å². The van der Waals surface area contributed by atoms with E-state index in [9.17, 15) is 18.0 Å². The molecule has 1 spiro atoms. The summed E-state index contributed by atoms with van der Waals surface area (Å²) in [5.41, 5.74) is 0.748. The number of hydrogen-bond acceptors (Lipinski definition) is 5.